The van der Waals surface area contributed by atoms with Crippen LogP contribution in [0.25, 0.3) is 0 Å². The SMILES string of the molecule is Cc1cc(C)nc(CNC(=O)c2cc3n(n2)CC(O)CNC3=O)n1. The summed E-state index contributed by atoms with van der Waals surface area (Å²) in [4.78, 5) is 32.7. The number of nitrogens with one attached hydrogen (secondary N) is 2. The fraction of sp³-hybridized carbons (Fsp3) is 0.400. The molecule has 2 amide bonds. The lowest BCUT2D eigenvalue weighted by Gasteiger charge is -2.06. The van der Waals surface area contributed by atoms with Gasteiger partial charge in [0.25, 0.3) is 11.8 Å². The number of β-amino-alcohol motifs (C(OH)–C–C–N with tert-alkyl or cyclic N) is 1. The Morgan fingerprint density at radius 2 is 2.08 bits per heavy atom. The van der Waals surface area contributed by atoms with Gasteiger partial charge in [0.1, 0.15) is 11.5 Å². The number of aliphatic hydroxyl groups excluding tert-OH is 1. The number of nitrogens with zero attached hydrogens (tertiary/aromatic N) is 4. The smallest absolute Gasteiger partial charge is 0.272 e. The summed E-state index contributed by atoms with van der Waals surface area (Å²) in [7, 11) is 0. The lowest BCUT2D eigenvalue weighted by Crippen LogP contribution is -2.30. The van der Waals surface area contributed by atoms with E-state index in [9.17, 15) is 14.7 Å². The van der Waals surface area contributed by atoms with Crippen molar-refractivity contribution in [3.05, 3.63) is 40.7 Å². The molecular weight excluding hydrogens is 312 g/mol. The fourth-order valence-electron chi connectivity index (χ4n) is 2.54. The first-order valence-corrected chi connectivity index (χ1v) is 7.56. The van der Waals surface area contributed by atoms with E-state index in [1.165, 1.54) is 10.7 Å². The Morgan fingerprint density at radius 1 is 1.38 bits per heavy atom. The number of rotatable bonds is 3. The minimum absolute atomic E-state index is 0.110. The fourth-order valence-corrected chi connectivity index (χ4v) is 2.54. The van der Waals surface area contributed by atoms with E-state index >= 15 is 0 Å². The van der Waals surface area contributed by atoms with Crippen LogP contribution in [0, 0.1) is 13.8 Å². The van der Waals surface area contributed by atoms with E-state index in [1.54, 1.807) is 0 Å². The van der Waals surface area contributed by atoms with Crippen molar-refractivity contribution in [3.8, 4) is 0 Å². The van der Waals surface area contributed by atoms with E-state index in [0.717, 1.165) is 11.4 Å². The maximum Gasteiger partial charge on any atom is 0.272 e. The molecule has 1 aliphatic heterocycles. The van der Waals surface area contributed by atoms with Gasteiger partial charge in [0.2, 0.25) is 0 Å². The molecule has 2 aromatic heterocycles. The number of amides is 2. The Kier molecular flexibility index (Phi) is 4.26. The van der Waals surface area contributed by atoms with Crippen LogP contribution in [0.15, 0.2) is 12.1 Å². The summed E-state index contributed by atoms with van der Waals surface area (Å²) in [6.07, 6.45) is -0.741. The van der Waals surface area contributed by atoms with Gasteiger partial charge >= 0.3 is 0 Å². The van der Waals surface area contributed by atoms with E-state index in [1.807, 2.05) is 19.9 Å². The van der Waals surface area contributed by atoms with Crippen LogP contribution in [-0.4, -0.2) is 49.3 Å². The molecule has 24 heavy (non-hydrogen) atoms. The zero-order valence-electron chi connectivity index (χ0n) is 13.4. The normalized spacial score (nSPS) is 17.0. The van der Waals surface area contributed by atoms with Crippen LogP contribution in [0.3, 0.4) is 0 Å². The van der Waals surface area contributed by atoms with Crippen molar-refractivity contribution in [1.82, 2.24) is 30.4 Å². The van der Waals surface area contributed by atoms with E-state index in [0.29, 0.717) is 5.82 Å². The lowest BCUT2D eigenvalue weighted by molar-refractivity contribution is 0.0931. The molecule has 1 unspecified atom stereocenters. The van der Waals surface area contributed by atoms with Crippen LogP contribution >= 0.6 is 0 Å². The third-order valence-electron chi connectivity index (χ3n) is 3.56. The van der Waals surface area contributed by atoms with Gasteiger partial charge in [-0.25, -0.2) is 9.97 Å². The highest BCUT2D eigenvalue weighted by Gasteiger charge is 2.24. The zero-order valence-corrected chi connectivity index (χ0v) is 13.4. The van der Waals surface area contributed by atoms with E-state index in [2.05, 4.69) is 25.7 Å². The molecule has 1 atom stereocenters. The maximum atomic E-state index is 12.2. The molecule has 126 valence electrons. The van der Waals surface area contributed by atoms with Crippen molar-refractivity contribution in [2.45, 2.75) is 33.0 Å². The van der Waals surface area contributed by atoms with Crippen LogP contribution in [0.2, 0.25) is 0 Å². The molecule has 0 saturated heterocycles. The predicted molar refractivity (Wildman–Crippen MR) is 83.2 cm³/mol. The van der Waals surface area contributed by atoms with Crippen molar-refractivity contribution >= 4 is 11.8 Å². The molecule has 0 spiro atoms. The molecule has 0 radical (unpaired) electrons. The lowest BCUT2D eigenvalue weighted by atomic mass is 10.3. The monoisotopic (exact) mass is 330 g/mol. The van der Waals surface area contributed by atoms with Crippen LogP contribution in [0.5, 0.6) is 0 Å². The highest BCUT2D eigenvalue weighted by Crippen LogP contribution is 2.09. The molecule has 0 aliphatic carbocycles. The first kappa shape index (κ1) is 16.1. The molecule has 3 heterocycles. The first-order chi connectivity index (χ1) is 11.4. The van der Waals surface area contributed by atoms with Crippen molar-refractivity contribution in [2.24, 2.45) is 0 Å². The summed E-state index contributed by atoms with van der Waals surface area (Å²) in [6.45, 7) is 4.19. The van der Waals surface area contributed by atoms with Crippen LogP contribution in [0.4, 0.5) is 0 Å². The minimum Gasteiger partial charge on any atom is -0.389 e. The van der Waals surface area contributed by atoms with Crippen molar-refractivity contribution in [3.63, 3.8) is 0 Å². The summed E-state index contributed by atoms with van der Waals surface area (Å²) in [5.74, 6) is -0.286. The number of carbonyl (C=O) groups is 2. The van der Waals surface area contributed by atoms with Gasteiger partial charge in [-0.3, -0.25) is 14.3 Å². The Bertz CT molecular complexity index is 780. The minimum atomic E-state index is -0.741. The molecule has 3 N–H and O–H groups in total. The molecule has 1 aliphatic rings. The predicted octanol–water partition coefficient (Wildman–Crippen LogP) is -0.676. The van der Waals surface area contributed by atoms with Gasteiger partial charge in [0.05, 0.1) is 19.2 Å². The van der Waals surface area contributed by atoms with Gasteiger partial charge in [0.15, 0.2) is 5.69 Å². The topological polar surface area (TPSA) is 122 Å². The summed E-state index contributed by atoms with van der Waals surface area (Å²) < 4.78 is 1.34. The maximum absolute atomic E-state index is 12.2. The number of carbonyl (C=O) groups excluding carboxylic acids is 2. The second kappa shape index (κ2) is 6.36. The number of hydrogen-bond donors (Lipinski definition) is 3. The van der Waals surface area contributed by atoms with E-state index < -0.39 is 12.0 Å². The standard InChI is InChI=1S/C15H18N6O3/c1-8-3-9(2)19-13(18-8)6-17-14(23)11-4-12-15(24)16-5-10(22)7-21(12)20-11/h3-4,10,22H,5-7H2,1-2H3,(H,16,24)(H,17,23). The van der Waals surface area contributed by atoms with Crippen molar-refractivity contribution < 1.29 is 14.7 Å². The van der Waals surface area contributed by atoms with Gasteiger partial charge in [-0.15, -0.1) is 0 Å². The van der Waals surface area contributed by atoms with Gasteiger partial charge in [-0.05, 0) is 19.9 Å². The highest BCUT2D eigenvalue weighted by molar-refractivity contribution is 5.98. The average molecular weight is 330 g/mol. The molecule has 9 nitrogen and oxygen atoms in total. The average Bonchev–Trinajstić information content (AvgIpc) is 2.88. The summed E-state index contributed by atoms with van der Waals surface area (Å²) in [5.41, 5.74) is 2.01. The summed E-state index contributed by atoms with van der Waals surface area (Å²) in [5, 5.41) is 19.1. The number of hydrogen-bond acceptors (Lipinski definition) is 6. The van der Waals surface area contributed by atoms with Gasteiger partial charge in [-0.2, -0.15) is 5.10 Å². The third-order valence-corrected chi connectivity index (χ3v) is 3.56. The number of aliphatic hydroxyl groups is 1. The summed E-state index contributed by atoms with van der Waals surface area (Å²) in [6, 6.07) is 3.26. The molecule has 0 bridgehead atoms. The Morgan fingerprint density at radius 3 is 2.79 bits per heavy atom. The molecule has 0 fully saturated rings. The van der Waals surface area contributed by atoms with Crippen LogP contribution < -0.4 is 10.6 Å². The Balaban J connectivity index is 1.73. The van der Waals surface area contributed by atoms with Gasteiger partial charge in [0, 0.05) is 24.0 Å². The van der Waals surface area contributed by atoms with Crippen molar-refractivity contribution in [1.29, 1.82) is 0 Å². The molecule has 2 aromatic rings. The Labute approximate surface area is 138 Å². The molecule has 9 heteroatoms. The zero-order chi connectivity index (χ0) is 17.3. The molecule has 3 rings (SSSR count). The van der Waals surface area contributed by atoms with E-state index in [-0.39, 0.29) is 36.9 Å². The second-order valence-electron chi connectivity index (χ2n) is 5.71. The second-order valence-corrected chi connectivity index (χ2v) is 5.71. The van der Waals surface area contributed by atoms with Crippen LogP contribution in [-0.2, 0) is 13.1 Å². The molecule has 0 aromatic carbocycles. The first-order valence-electron chi connectivity index (χ1n) is 7.56. The number of aromatic nitrogens is 4. The number of aryl methyl sites for hydroxylation is 2. The quantitative estimate of drug-likeness (QED) is 0.686. The number of fused-ring (bicyclic) bond motifs is 1. The van der Waals surface area contributed by atoms with Gasteiger partial charge < -0.3 is 15.7 Å². The largest absolute Gasteiger partial charge is 0.389 e. The highest BCUT2D eigenvalue weighted by atomic mass is 16.3. The van der Waals surface area contributed by atoms with Crippen molar-refractivity contribution in [2.75, 3.05) is 6.54 Å². The molecular formula is C15H18N6O3. The Hall–Kier alpha value is -2.81. The molecule has 0 saturated carbocycles. The van der Waals surface area contributed by atoms with Gasteiger partial charge in [-0.1, -0.05) is 0 Å². The summed E-state index contributed by atoms with van der Waals surface area (Å²) >= 11 is 0. The third kappa shape index (κ3) is 3.40. The van der Waals surface area contributed by atoms with E-state index in [4.69, 9.17) is 0 Å². The van der Waals surface area contributed by atoms with Crippen LogP contribution in [0.1, 0.15) is 38.2 Å².